The van der Waals surface area contributed by atoms with Crippen molar-refractivity contribution in [3.63, 3.8) is 0 Å². The molecule has 1 aromatic rings. The largest absolute Gasteiger partial charge is 0.456 e. The molecule has 122 heavy (non-hydrogen) atoms. The number of aliphatic hydroxyl groups excluding tert-OH is 4. The van der Waals surface area contributed by atoms with E-state index in [9.17, 15) is 78.6 Å². The maximum absolute atomic E-state index is 14.8. The summed E-state index contributed by atoms with van der Waals surface area (Å²) in [5.74, 6) is -16.7. The zero-order valence-corrected chi connectivity index (χ0v) is 75.5. The first-order valence-corrected chi connectivity index (χ1v) is 45.9. The predicted octanol–water partition coefficient (Wildman–Crippen LogP) is 12.8. The van der Waals surface area contributed by atoms with Crippen molar-refractivity contribution in [1.29, 1.82) is 0 Å². The van der Waals surface area contributed by atoms with Gasteiger partial charge in [-0.05, 0) is 238 Å². The minimum absolute atomic E-state index is 0.00875. The molecule has 6 heterocycles. The zero-order valence-electron chi connectivity index (χ0n) is 75.5. The second kappa shape index (κ2) is 44.4. The highest BCUT2D eigenvalue weighted by molar-refractivity contribution is 6.39. The lowest BCUT2D eigenvalue weighted by Crippen LogP contribution is -2.62. The summed E-state index contributed by atoms with van der Waals surface area (Å²) in [5.41, 5.74) is 4.40. The molecule has 28 atom stereocenters. The fraction of sp³-hybridized carbons (Fsp3) is 0.750. The van der Waals surface area contributed by atoms with Crippen LogP contribution in [0.5, 0.6) is 0 Å². The van der Waals surface area contributed by atoms with Gasteiger partial charge in [0.1, 0.15) is 35.9 Å². The summed E-state index contributed by atoms with van der Waals surface area (Å²) in [6, 6.07) is 4.75. The van der Waals surface area contributed by atoms with E-state index in [-0.39, 0.29) is 149 Å². The lowest BCUT2D eigenvalue weighted by molar-refractivity contribution is -0.282. The van der Waals surface area contributed by atoms with Gasteiger partial charge in [-0.3, -0.25) is 28.8 Å². The Kier molecular flexibility index (Phi) is 35.9. The van der Waals surface area contributed by atoms with Crippen molar-refractivity contribution in [2.75, 3.05) is 26.3 Å². The molecular formula is C96H146N4O22. The van der Waals surface area contributed by atoms with Gasteiger partial charge in [0.05, 0.1) is 49.8 Å². The monoisotopic (exact) mass is 1710 g/mol. The number of amides is 4. The van der Waals surface area contributed by atoms with Gasteiger partial charge >= 0.3 is 24.1 Å². The first-order chi connectivity index (χ1) is 57.6. The third-order valence-electron chi connectivity index (χ3n) is 28.4. The van der Waals surface area contributed by atoms with Crippen LogP contribution in [0.2, 0.25) is 0 Å². The van der Waals surface area contributed by atoms with E-state index in [0.717, 1.165) is 11.1 Å². The Bertz CT molecular complexity index is 3670. The van der Waals surface area contributed by atoms with Crippen LogP contribution in [0.1, 0.15) is 263 Å². The molecule has 8 N–H and O–H groups in total. The van der Waals surface area contributed by atoms with Gasteiger partial charge in [0.15, 0.2) is 0 Å². The van der Waals surface area contributed by atoms with Crippen molar-refractivity contribution in [3.05, 3.63) is 82.0 Å². The van der Waals surface area contributed by atoms with Gasteiger partial charge < -0.3 is 79.5 Å². The van der Waals surface area contributed by atoms with Gasteiger partial charge in [-0.25, -0.2) is 19.2 Å². The van der Waals surface area contributed by atoms with Crippen LogP contribution in [0.4, 0.5) is 9.59 Å². The third kappa shape index (κ3) is 25.6. The number of alkyl carbamates (subject to hydrolysis) is 2. The number of cyclic esters (lactones) is 2. The number of aliphatic hydroxyl groups is 6. The fourth-order valence-corrected chi connectivity index (χ4v) is 21.2. The summed E-state index contributed by atoms with van der Waals surface area (Å²) in [6.07, 6.45) is 8.18. The Hall–Kier alpha value is -7.04. The molecule has 2 saturated carbocycles. The molecule has 0 radical (unpaired) electrons. The van der Waals surface area contributed by atoms with Crippen LogP contribution in [0.15, 0.2) is 70.9 Å². The number of Topliss-reactive ketones (excluding diaryl/α,β-unsaturated/α-hetero) is 4. The summed E-state index contributed by atoms with van der Waals surface area (Å²) in [6.45, 7) is 30.3. The van der Waals surface area contributed by atoms with Crippen LogP contribution >= 0.6 is 0 Å². The topological polar surface area (TPSA) is 378 Å². The number of nitrogens with zero attached hydrogens (tertiary/aromatic N) is 2. The van der Waals surface area contributed by atoms with Crippen LogP contribution in [0.25, 0.3) is 0 Å². The molecule has 8 aliphatic rings. The Labute approximate surface area is 723 Å². The standard InChI is InChI=1S/C96H146N4O22/c1-53-37-55(3)41-73(81(105)49-79(103)67(15)85(63(11)47-71-27-29-77(101)57(5)45-71)119-91(111)75-21-17-19-33-99(75)89(109)87(107)95(115)65(13)43-61(9)83(121-95)59(7)39-53)31-35-117-93(113)97-51-69-23-25-70(26-24-69)52-98-94(114)118-36-32-74-42-56(4)38-54(2)40-60(8)84-62(10)44-66(14)96(116,122-84)88(108)90(110)100-34-20-18-22-76(100)92(112)120-86(68(16)80(104)50-82(74)106)64(12)48-72-28-30-78(102)58(6)46-72/h23-26,41-42,47-48,53-54,57-62,65-68,71-80,83-86,101-104,115-116H,17-22,27-40,43-46,49-52H2,1-16H3,(H,97,113)(H,98,114)/b55-41+,56-42+,63-47+,64-48+/t53-,54-,57+,58+,59-,60-,61+,62+,65+,66+,67+,68+,71+,72+,73+,74+,75-,76-,77+,78+,79-,80-,83?,84?,85?,86?,95+,96+/m0/s1. The Morgan fingerprint density at radius 2 is 0.820 bits per heavy atom. The maximum Gasteiger partial charge on any atom is 0.407 e. The molecule has 1 aromatic carbocycles. The second-order valence-corrected chi connectivity index (χ2v) is 39.1. The zero-order chi connectivity index (χ0) is 89.5. The van der Waals surface area contributed by atoms with Crippen LogP contribution in [0, 0.1) is 94.7 Å². The molecule has 26 heteroatoms. The number of hydrogen-bond acceptors (Lipinski definition) is 22. The van der Waals surface area contributed by atoms with E-state index in [1.54, 1.807) is 52.0 Å². The number of hydrogen-bond donors (Lipinski definition) is 8. The van der Waals surface area contributed by atoms with Crippen molar-refractivity contribution < 1.29 is 107 Å². The number of carbonyl (C=O) groups excluding carboxylic acids is 10. The molecule has 4 amide bonds. The molecular weight excluding hydrogens is 1560 g/mol. The molecule has 6 fully saturated rings. The molecule has 2 aliphatic carbocycles. The normalized spacial score (nSPS) is 39.1. The van der Waals surface area contributed by atoms with Gasteiger partial charge in [0, 0.05) is 74.5 Å². The summed E-state index contributed by atoms with van der Waals surface area (Å²) < 4.78 is 37.1. The highest BCUT2D eigenvalue weighted by atomic mass is 16.6. The van der Waals surface area contributed by atoms with E-state index in [4.69, 9.17) is 28.4 Å². The average Bonchev–Trinajstić information content (AvgIpc) is 0.805. The van der Waals surface area contributed by atoms with Gasteiger partial charge in [0.25, 0.3) is 23.4 Å². The summed E-state index contributed by atoms with van der Waals surface area (Å²) in [4.78, 5) is 146. The van der Waals surface area contributed by atoms with Crippen molar-refractivity contribution in [3.8, 4) is 0 Å². The lowest BCUT2D eigenvalue weighted by Gasteiger charge is -2.46. The molecule has 0 aromatic heterocycles. The van der Waals surface area contributed by atoms with E-state index in [2.05, 4.69) is 24.5 Å². The molecule has 4 saturated heterocycles. The van der Waals surface area contributed by atoms with E-state index in [1.165, 1.54) is 9.80 Å². The van der Waals surface area contributed by atoms with Crippen molar-refractivity contribution >= 4 is 59.1 Å². The SMILES string of the molecule is C/C1=C\[C@@H](CCOC(=O)NCc2ccc(CNC(=O)OCC[C@@H]3/C=C(\C)C[C@H](C)C[C@H](C)C4O[C@@](O)(C(=O)C(=O)N5CCCC[C@H]5C(=O)OC(/C(C)=C/[C@@H]5CC[C@@H](O)[C@H](C)C5)[C@H](C)[C@@H](O)CC3=O)[C@H](C)C[C@H]4C)cc2)C(=O)C[C@H](O)[C@@H](C)C(/C(C)=C/[C@@H]2CC[C@@H](O)[C@H](C)C2)OC(=O)[C@@H]2CCCCN2C(=O)C(=O)[C@]2(O)OC([C@H](C)C[C@H]2C)[C@@H](C)C[C@@H](C)C1. The molecule has 0 spiro atoms. The number of piperidine rings is 2. The number of nitrogens with one attached hydrogen (secondary N) is 2. The number of benzene rings is 1. The summed E-state index contributed by atoms with van der Waals surface area (Å²) >= 11 is 0. The van der Waals surface area contributed by atoms with Crippen LogP contribution < -0.4 is 10.6 Å². The third-order valence-corrected chi connectivity index (χ3v) is 28.4. The average molecular weight is 1710 g/mol. The molecule has 26 nitrogen and oxygen atoms in total. The number of carbonyl (C=O) groups is 10. The molecule has 4 unspecified atom stereocenters. The second-order valence-electron chi connectivity index (χ2n) is 39.1. The summed E-state index contributed by atoms with van der Waals surface area (Å²) in [7, 11) is 0. The Morgan fingerprint density at radius 3 is 1.17 bits per heavy atom. The predicted molar refractivity (Wildman–Crippen MR) is 458 cm³/mol. The first kappa shape index (κ1) is 98.7. The quantitative estimate of drug-likeness (QED) is 0.0371. The number of fused-ring (bicyclic) bond motifs is 6. The fourth-order valence-electron chi connectivity index (χ4n) is 21.2. The van der Waals surface area contributed by atoms with Crippen LogP contribution in [-0.2, 0) is 79.9 Å². The number of allylic oxidation sites excluding steroid dienone is 6. The highest BCUT2D eigenvalue weighted by Crippen LogP contribution is 2.45. The van der Waals surface area contributed by atoms with E-state index in [1.807, 2.05) is 93.5 Å². The van der Waals surface area contributed by atoms with Crippen molar-refractivity contribution in [1.82, 2.24) is 20.4 Å². The smallest absolute Gasteiger partial charge is 0.407 e. The summed E-state index contributed by atoms with van der Waals surface area (Å²) in [5, 5.41) is 75.7. The highest BCUT2D eigenvalue weighted by Gasteiger charge is 2.57. The Balaban J connectivity index is 0.839. The van der Waals surface area contributed by atoms with Gasteiger partial charge in [0.2, 0.25) is 11.6 Å². The number of ketones is 4. The number of rotatable bonds is 14. The number of esters is 2. The molecule has 682 valence electrons. The van der Waals surface area contributed by atoms with E-state index >= 15 is 0 Å². The maximum atomic E-state index is 14.8. The molecule has 9 rings (SSSR count). The minimum Gasteiger partial charge on any atom is -0.456 e. The lowest BCUT2D eigenvalue weighted by atomic mass is 9.76. The molecule has 6 aliphatic heterocycles. The number of ether oxygens (including phenoxy) is 6. The van der Waals surface area contributed by atoms with E-state index in [0.29, 0.717) is 125 Å². The first-order valence-electron chi connectivity index (χ1n) is 45.9. The van der Waals surface area contributed by atoms with Gasteiger partial charge in [-0.2, -0.15) is 0 Å². The Morgan fingerprint density at radius 1 is 0.467 bits per heavy atom. The molecule has 4 bridgehead atoms. The van der Waals surface area contributed by atoms with Gasteiger partial charge in [-0.1, -0.05) is 143 Å². The van der Waals surface area contributed by atoms with Gasteiger partial charge in [-0.15, -0.1) is 0 Å². The van der Waals surface area contributed by atoms with Crippen LogP contribution in [0.3, 0.4) is 0 Å². The van der Waals surface area contributed by atoms with Crippen LogP contribution in [-0.4, -0.2) is 198 Å². The van der Waals surface area contributed by atoms with E-state index < -0.39 is 156 Å². The van der Waals surface area contributed by atoms with Crippen molar-refractivity contribution in [2.45, 2.75) is 338 Å². The minimum atomic E-state index is -2.45. The van der Waals surface area contributed by atoms with Crippen molar-refractivity contribution in [2.24, 2.45) is 94.7 Å².